The fourth-order valence-corrected chi connectivity index (χ4v) is 2.17. The number of nitriles is 1. The van der Waals surface area contributed by atoms with Crippen LogP contribution in [0.2, 0.25) is 0 Å². The highest BCUT2D eigenvalue weighted by molar-refractivity contribution is 5.81. The maximum absolute atomic E-state index is 11.8. The fourth-order valence-electron chi connectivity index (χ4n) is 2.17. The Labute approximate surface area is 101 Å². The molecule has 1 fully saturated rings. The first-order valence-corrected chi connectivity index (χ1v) is 5.98. The lowest BCUT2D eigenvalue weighted by Gasteiger charge is -2.16. The molecule has 0 bridgehead atoms. The van der Waals surface area contributed by atoms with Gasteiger partial charge in [-0.15, -0.1) is 0 Å². The van der Waals surface area contributed by atoms with Crippen LogP contribution in [0.3, 0.4) is 0 Å². The summed E-state index contributed by atoms with van der Waals surface area (Å²) >= 11 is 0. The lowest BCUT2D eigenvalue weighted by molar-refractivity contribution is -0.141. The van der Waals surface area contributed by atoms with Gasteiger partial charge in [0, 0.05) is 12.0 Å². The Morgan fingerprint density at radius 3 is 2.59 bits per heavy atom. The van der Waals surface area contributed by atoms with Gasteiger partial charge in [-0.2, -0.15) is 5.26 Å². The smallest absolute Gasteiger partial charge is 0.306 e. The summed E-state index contributed by atoms with van der Waals surface area (Å²) in [6.45, 7) is 1.91. The van der Waals surface area contributed by atoms with Crippen LogP contribution in [0.5, 0.6) is 0 Å². The number of carbonyl (C=O) groups excluding carboxylic acids is 1. The van der Waals surface area contributed by atoms with E-state index in [1.165, 1.54) is 0 Å². The lowest BCUT2D eigenvalue weighted by atomic mass is 10.0. The van der Waals surface area contributed by atoms with E-state index in [2.05, 4.69) is 5.32 Å². The van der Waals surface area contributed by atoms with Crippen molar-refractivity contribution in [1.82, 2.24) is 5.32 Å². The van der Waals surface area contributed by atoms with Gasteiger partial charge in [0.1, 0.15) is 0 Å². The summed E-state index contributed by atoms with van der Waals surface area (Å²) in [5, 5.41) is 20.2. The van der Waals surface area contributed by atoms with Crippen LogP contribution in [0.25, 0.3) is 0 Å². The SMILES string of the molecule is CCC(CC#N)NC(=O)[C@@H]1CC[C@H](C(=O)O)C1. The zero-order chi connectivity index (χ0) is 12.8. The molecule has 1 aliphatic carbocycles. The van der Waals surface area contributed by atoms with Crippen molar-refractivity contribution in [3.8, 4) is 6.07 Å². The summed E-state index contributed by atoms with van der Waals surface area (Å²) in [5.74, 6) is -1.51. The number of amides is 1. The molecule has 0 aliphatic heterocycles. The Kier molecular flexibility index (Phi) is 4.95. The zero-order valence-corrected chi connectivity index (χ0v) is 9.98. The van der Waals surface area contributed by atoms with Crippen LogP contribution in [0.1, 0.15) is 39.0 Å². The van der Waals surface area contributed by atoms with Gasteiger partial charge in [-0.1, -0.05) is 6.92 Å². The Balaban J connectivity index is 2.44. The van der Waals surface area contributed by atoms with Crippen molar-refractivity contribution in [3.63, 3.8) is 0 Å². The molecule has 3 atom stereocenters. The van der Waals surface area contributed by atoms with E-state index in [9.17, 15) is 9.59 Å². The van der Waals surface area contributed by atoms with Crippen molar-refractivity contribution in [2.75, 3.05) is 0 Å². The predicted octanol–water partition coefficient (Wildman–Crippen LogP) is 1.30. The van der Waals surface area contributed by atoms with Crippen LogP contribution in [0.4, 0.5) is 0 Å². The normalized spacial score (nSPS) is 24.9. The molecule has 2 N–H and O–H groups in total. The highest BCUT2D eigenvalue weighted by Gasteiger charge is 2.34. The number of nitrogens with zero attached hydrogens (tertiary/aromatic N) is 1. The van der Waals surface area contributed by atoms with Crippen molar-refractivity contribution in [2.45, 2.75) is 45.1 Å². The van der Waals surface area contributed by atoms with Gasteiger partial charge in [0.2, 0.25) is 5.91 Å². The highest BCUT2D eigenvalue weighted by Crippen LogP contribution is 2.31. The molecule has 0 aromatic carbocycles. The molecule has 0 radical (unpaired) electrons. The number of hydrogen-bond acceptors (Lipinski definition) is 3. The van der Waals surface area contributed by atoms with Crippen molar-refractivity contribution in [3.05, 3.63) is 0 Å². The number of carbonyl (C=O) groups is 2. The Bertz CT molecular complexity index is 335. The molecule has 1 amide bonds. The van der Waals surface area contributed by atoms with E-state index in [4.69, 9.17) is 10.4 Å². The average molecular weight is 238 g/mol. The number of carboxylic acid groups (broad SMARTS) is 1. The molecule has 0 heterocycles. The molecule has 1 aliphatic rings. The average Bonchev–Trinajstić information content (AvgIpc) is 2.77. The largest absolute Gasteiger partial charge is 0.481 e. The Morgan fingerprint density at radius 2 is 2.12 bits per heavy atom. The maximum Gasteiger partial charge on any atom is 0.306 e. The number of nitrogens with one attached hydrogen (secondary N) is 1. The molecule has 0 aromatic rings. The molecule has 1 rings (SSSR count). The topological polar surface area (TPSA) is 90.2 Å². The van der Waals surface area contributed by atoms with E-state index in [0.717, 1.165) is 0 Å². The van der Waals surface area contributed by atoms with Crippen molar-refractivity contribution in [1.29, 1.82) is 5.26 Å². The number of carboxylic acids is 1. The van der Waals surface area contributed by atoms with E-state index < -0.39 is 5.97 Å². The number of aliphatic carboxylic acids is 1. The summed E-state index contributed by atoms with van der Waals surface area (Å²) in [4.78, 5) is 22.6. The lowest BCUT2D eigenvalue weighted by Crippen LogP contribution is -2.37. The summed E-state index contributed by atoms with van der Waals surface area (Å²) in [5.41, 5.74) is 0. The van der Waals surface area contributed by atoms with Crippen LogP contribution in [-0.2, 0) is 9.59 Å². The third-order valence-electron chi connectivity index (χ3n) is 3.33. The zero-order valence-electron chi connectivity index (χ0n) is 9.98. The molecular weight excluding hydrogens is 220 g/mol. The molecule has 1 saturated carbocycles. The van der Waals surface area contributed by atoms with Crippen LogP contribution >= 0.6 is 0 Å². The van der Waals surface area contributed by atoms with Gasteiger partial charge in [-0.3, -0.25) is 9.59 Å². The fraction of sp³-hybridized carbons (Fsp3) is 0.750. The maximum atomic E-state index is 11.8. The first-order chi connectivity index (χ1) is 8.08. The van der Waals surface area contributed by atoms with Crippen molar-refractivity contribution in [2.24, 2.45) is 11.8 Å². The molecule has 5 heteroatoms. The molecule has 5 nitrogen and oxygen atoms in total. The monoisotopic (exact) mass is 238 g/mol. The van der Waals surface area contributed by atoms with E-state index in [1.807, 2.05) is 13.0 Å². The minimum absolute atomic E-state index is 0.101. The molecular formula is C12H18N2O3. The minimum Gasteiger partial charge on any atom is -0.481 e. The van der Waals surface area contributed by atoms with E-state index in [0.29, 0.717) is 32.1 Å². The van der Waals surface area contributed by atoms with Gasteiger partial charge in [-0.05, 0) is 25.7 Å². The van der Waals surface area contributed by atoms with E-state index >= 15 is 0 Å². The van der Waals surface area contributed by atoms with Crippen LogP contribution < -0.4 is 5.32 Å². The van der Waals surface area contributed by atoms with Gasteiger partial charge in [0.15, 0.2) is 0 Å². The molecule has 17 heavy (non-hydrogen) atoms. The third-order valence-corrected chi connectivity index (χ3v) is 3.33. The van der Waals surface area contributed by atoms with E-state index in [1.54, 1.807) is 0 Å². The second-order valence-electron chi connectivity index (χ2n) is 4.52. The summed E-state index contributed by atoms with van der Waals surface area (Å²) in [7, 11) is 0. The number of rotatable bonds is 5. The van der Waals surface area contributed by atoms with E-state index in [-0.39, 0.29) is 23.8 Å². The third kappa shape index (κ3) is 3.74. The first kappa shape index (κ1) is 13.5. The van der Waals surface area contributed by atoms with Gasteiger partial charge < -0.3 is 10.4 Å². The quantitative estimate of drug-likeness (QED) is 0.755. The summed E-state index contributed by atoms with van der Waals surface area (Å²) < 4.78 is 0. The van der Waals surface area contributed by atoms with Crippen LogP contribution in [0.15, 0.2) is 0 Å². The minimum atomic E-state index is -0.815. The second-order valence-corrected chi connectivity index (χ2v) is 4.52. The van der Waals surface area contributed by atoms with Crippen molar-refractivity contribution >= 4 is 11.9 Å². The molecule has 94 valence electrons. The van der Waals surface area contributed by atoms with Crippen LogP contribution in [0, 0.1) is 23.2 Å². The molecule has 0 saturated heterocycles. The first-order valence-electron chi connectivity index (χ1n) is 5.98. The summed E-state index contributed by atoms with van der Waals surface area (Å²) in [6, 6.07) is 1.92. The Morgan fingerprint density at radius 1 is 1.47 bits per heavy atom. The highest BCUT2D eigenvalue weighted by atomic mass is 16.4. The predicted molar refractivity (Wildman–Crippen MR) is 60.9 cm³/mol. The van der Waals surface area contributed by atoms with Crippen LogP contribution in [-0.4, -0.2) is 23.0 Å². The molecule has 0 spiro atoms. The number of hydrogen-bond donors (Lipinski definition) is 2. The van der Waals surface area contributed by atoms with Gasteiger partial charge in [0.05, 0.1) is 18.4 Å². The second kappa shape index (κ2) is 6.24. The van der Waals surface area contributed by atoms with Crippen molar-refractivity contribution < 1.29 is 14.7 Å². The van der Waals surface area contributed by atoms with Gasteiger partial charge in [-0.25, -0.2) is 0 Å². The molecule has 0 aromatic heterocycles. The standard InChI is InChI=1S/C12H18N2O3/c1-2-10(5-6-13)14-11(15)8-3-4-9(7-8)12(16)17/h8-10H,2-5,7H2,1H3,(H,14,15)(H,16,17)/t8-,9+,10?/m1/s1. The summed E-state index contributed by atoms with van der Waals surface area (Å²) in [6.07, 6.45) is 2.64. The molecule has 1 unspecified atom stereocenters. The van der Waals surface area contributed by atoms with Gasteiger partial charge >= 0.3 is 5.97 Å². The Hall–Kier alpha value is -1.57. The van der Waals surface area contributed by atoms with Gasteiger partial charge in [0.25, 0.3) is 0 Å².